The largest absolute Gasteiger partial charge is 0.325 e. The summed E-state index contributed by atoms with van der Waals surface area (Å²) in [5.41, 5.74) is 0.315. The first kappa shape index (κ1) is 17.3. The molecule has 0 spiro atoms. The lowest BCUT2D eigenvalue weighted by Crippen LogP contribution is -2.33. The minimum absolute atomic E-state index is 0.295. The predicted octanol–water partition coefficient (Wildman–Crippen LogP) is 2.54. The molecule has 2 rings (SSSR count). The molecule has 0 bridgehead atoms. The van der Waals surface area contributed by atoms with Gasteiger partial charge in [0.1, 0.15) is 16.5 Å². The SMILES string of the molecule is O=C(CNS(=O)(=O)c1ccc(F)cc1Cl)Nc1ccc(F)cc1. The Kier molecular flexibility index (Phi) is 5.30. The van der Waals surface area contributed by atoms with E-state index in [2.05, 4.69) is 5.32 Å². The van der Waals surface area contributed by atoms with Crippen LogP contribution in [-0.2, 0) is 14.8 Å². The van der Waals surface area contributed by atoms with Gasteiger partial charge in [-0.1, -0.05) is 11.6 Å². The second kappa shape index (κ2) is 7.03. The summed E-state index contributed by atoms with van der Waals surface area (Å²) < 4.78 is 51.8. The molecule has 23 heavy (non-hydrogen) atoms. The molecular formula is C14H11ClF2N2O3S. The van der Waals surface area contributed by atoms with Gasteiger partial charge in [0.25, 0.3) is 0 Å². The summed E-state index contributed by atoms with van der Waals surface area (Å²) in [6.45, 7) is -0.562. The highest BCUT2D eigenvalue weighted by Crippen LogP contribution is 2.21. The van der Waals surface area contributed by atoms with Crippen molar-refractivity contribution in [2.75, 3.05) is 11.9 Å². The monoisotopic (exact) mass is 360 g/mol. The Balaban J connectivity index is 2.01. The summed E-state index contributed by atoms with van der Waals surface area (Å²) >= 11 is 5.68. The van der Waals surface area contributed by atoms with Crippen molar-refractivity contribution in [3.05, 3.63) is 59.1 Å². The lowest BCUT2D eigenvalue weighted by molar-refractivity contribution is -0.115. The van der Waals surface area contributed by atoms with Crippen molar-refractivity contribution >= 4 is 33.2 Å². The van der Waals surface area contributed by atoms with Gasteiger partial charge in [-0.2, -0.15) is 0 Å². The molecular weight excluding hydrogens is 350 g/mol. The molecule has 0 aromatic heterocycles. The fourth-order valence-electron chi connectivity index (χ4n) is 1.67. The van der Waals surface area contributed by atoms with Crippen LogP contribution in [0.5, 0.6) is 0 Å². The molecule has 2 aromatic rings. The Bertz CT molecular complexity index is 826. The van der Waals surface area contributed by atoms with Crippen LogP contribution in [0.2, 0.25) is 5.02 Å². The molecule has 0 saturated carbocycles. The molecule has 0 aliphatic carbocycles. The lowest BCUT2D eigenvalue weighted by Gasteiger charge is -2.09. The molecule has 0 unspecified atom stereocenters. The maximum Gasteiger partial charge on any atom is 0.242 e. The number of anilines is 1. The molecule has 5 nitrogen and oxygen atoms in total. The van der Waals surface area contributed by atoms with E-state index in [9.17, 15) is 22.0 Å². The maximum absolute atomic E-state index is 12.9. The first-order chi connectivity index (χ1) is 10.8. The number of hydrogen-bond acceptors (Lipinski definition) is 3. The number of carbonyl (C=O) groups is 1. The van der Waals surface area contributed by atoms with Crippen LogP contribution in [0.25, 0.3) is 0 Å². The average molecular weight is 361 g/mol. The van der Waals surface area contributed by atoms with Crippen LogP contribution in [0.15, 0.2) is 47.4 Å². The highest BCUT2D eigenvalue weighted by molar-refractivity contribution is 7.89. The van der Waals surface area contributed by atoms with Crippen LogP contribution in [0, 0.1) is 11.6 Å². The first-order valence-electron chi connectivity index (χ1n) is 6.28. The second-order valence-corrected chi connectivity index (χ2v) is 6.60. The van der Waals surface area contributed by atoms with E-state index in [1.165, 1.54) is 12.1 Å². The van der Waals surface area contributed by atoms with Gasteiger partial charge < -0.3 is 5.32 Å². The number of carbonyl (C=O) groups excluding carboxylic acids is 1. The van der Waals surface area contributed by atoms with Crippen LogP contribution in [0.3, 0.4) is 0 Å². The molecule has 0 fully saturated rings. The van der Waals surface area contributed by atoms with E-state index in [1.54, 1.807) is 0 Å². The smallest absolute Gasteiger partial charge is 0.242 e. The zero-order chi connectivity index (χ0) is 17.0. The second-order valence-electron chi connectivity index (χ2n) is 4.45. The Morgan fingerprint density at radius 2 is 1.65 bits per heavy atom. The third kappa shape index (κ3) is 4.72. The summed E-state index contributed by atoms with van der Waals surface area (Å²) in [4.78, 5) is 11.4. The zero-order valence-electron chi connectivity index (χ0n) is 11.5. The number of hydrogen-bond donors (Lipinski definition) is 2. The molecule has 0 aliphatic heterocycles. The van der Waals surface area contributed by atoms with Gasteiger partial charge in [-0.05, 0) is 42.5 Å². The number of sulfonamides is 1. The number of nitrogens with one attached hydrogen (secondary N) is 2. The van der Waals surface area contributed by atoms with Crippen molar-refractivity contribution in [3.63, 3.8) is 0 Å². The van der Waals surface area contributed by atoms with Gasteiger partial charge in [0, 0.05) is 5.69 Å². The van der Waals surface area contributed by atoms with Crippen molar-refractivity contribution in [2.24, 2.45) is 0 Å². The zero-order valence-corrected chi connectivity index (χ0v) is 13.1. The minimum Gasteiger partial charge on any atom is -0.325 e. The van der Waals surface area contributed by atoms with E-state index >= 15 is 0 Å². The van der Waals surface area contributed by atoms with Gasteiger partial charge in [-0.25, -0.2) is 21.9 Å². The van der Waals surface area contributed by atoms with E-state index in [0.29, 0.717) is 5.69 Å². The number of amides is 1. The highest BCUT2D eigenvalue weighted by Gasteiger charge is 2.19. The maximum atomic E-state index is 12.9. The Morgan fingerprint density at radius 3 is 2.26 bits per heavy atom. The van der Waals surface area contributed by atoms with Crippen molar-refractivity contribution in [3.8, 4) is 0 Å². The number of benzene rings is 2. The van der Waals surface area contributed by atoms with Gasteiger partial charge in [0.15, 0.2) is 0 Å². The lowest BCUT2D eigenvalue weighted by atomic mass is 10.3. The van der Waals surface area contributed by atoms with Crippen LogP contribution in [-0.4, -0.2) is 20.9 Å². The molecule has 122 valence electrons. The average Bonchev–Trinajstić information content (AvgIpc) is 2.47. The van der Waals surface area contributed by atoms with Gasteiger partial charge >= 0.3 is 0 Å². The summed E-state index contributed by atoms with van der Waals surface area (Å²) in [5.74, 6) is -1.80. The van der Waals surface area contributed by atoms with Crippen LogP contribution in [0.4, 0.5) is 14.5 Å². The van der Waals surface area contributed by atoms with E-state index in [0.717, 1.165) is 30.3 Å². The molecule has 2 N–H and O–H groups in total. The minimum atomic E-state index is -4.07. The van der Waals surface area contributed by atoms with E-state index in [-0.39, 0.29) is 9.92 Å². The van der Waals surface area contributed by atoms with Crippen molar-refractivity contribution in [1.82, 2.24) is 4.72 Å². The molecule has 0 saturated heterocycles. The Hall–Kier alpha value is -2.03. The third-order valence-corrected chi connectivity index (χ3v) is 4.62. The Labute approximate surface area is 136 Å². The number of rotatable bonds is 5. The van der Waals surface area contributed by atoms with Crippen molar-refractivity contribution < 1.29 is 22.0 Å². The van der Waals surface area contributed by atoms with Gasteiger partial charge in [-0.3, -0.25) is 4.79 Å². The highest BCUT2D eigenvalue weighted by atomic mass is 35.5. The number of halogens is 3. The summed E-state index contributed by atoms with van der Waals surface area (Å²) in [5, 5.41) is 2.10. The van der Waals surface area contributed by atoms with Gasteiger partial charge in [-0.15, -0.1) is 0 Å². The molecule has 2 aromatic carbocycles. The van der Waals surface area contributed by atoms with Crippen LogP contribution < -0.4 is 10.0 Å². The summed E-state index contributed by atoms with van der Waals surface area (Å²) in [6, 6.07) is 7.76. The van der Waals surface area contributed by atoms with Gasteiger partial charge in [0.2, 0.25) is 15.9 Å². The standard InChI is InChI=1S/C14H11ClF2N2O3S/c15-12-7-10(17)3-6-13(12)23(21,22)18-8-14(20)19-11-4-1-9(16)2-5-11/h1-7,18H,8H2,(H,19,20). The molecule has 0 aliphatic rings. The van der Waals surface area contributed by atoms with Crippen molar-refractivity contribution in [2.45, 2.75) is 4.90 Å². The summed E-state index contributed by atoms with van der Waals surface area (Å²) in [7, 11) is -4.07. The van der Waals surface area contributed by atoms with Crippen molar-refractivity contribution in [1.29, 1.82) is 0 Å². The molecule has 0 atom stereocenters. The quantitative estimate of drug-likeness (QED) is 0.860. The topological polar surface area (TPSA) is 75.3 Å². The Morgan fingerprint density at radius 1 is 1.04 bits per heavy atom. The van der Waals surface area contributed by atoms with Crippen LogP contribution in [0.1, 0.15) is 0 Å². The fourth-order valence-corrected chi connectivity index (χ4v) is 3.18. The molecule has 0 heterocycles. The third-order valence-electron chi connectivity index (χ3n) is 2.73. The molecule has 1 amide bonds. The van der Waals surface area contributed by atoms with E-state index < -0.39 is 34.1 Å². The van der Waals surface area contributed by atoms with Gasteiger partial charge in [0.05, 0.1) is 11.6 Å². The van der Waals surface area contributed by atoms with Crippen LogP contribution >= 0.6 is 11.6 Å². The molecule has 9 heteroatoms. The van der Waals surface area contributed by atoms with E-state index in [4.69, 9.17) is 11.6 Å². The predicted molar refractivity (Wildman–Crippen MR) is 81.6 cm³/mol. The fraction of sp³-hybridized carbons (Fsp3) is 0.0714. The molecule has 0 radical (unpaired) electrons. The first-order valence-corrected chi connectivity index (χ1v) is 8.14. The summed E-state index contributed by atoms with van der Waals surface area (Å²) in [6.07, 6.45) is 0. The van der Waals surface area contributed by atoms with E-state index in [1.807, 2.05) is 4.72 Å². The normalized spacial score (nSPS) is 11.3.